The summed E-state index contributed by atoms with van der Waals surface area (Å²) in [6.07, 6.45) is 0. The molecule has 1 atom stereocenters. The topological polar surface area (TPSA) is 101 Å². The molecule has 0 amide bonds. The van der Waals surface area contributed by atoms with Crippen molar-refractivity contribution in [1.82, 2.24) is 9.80 Å². The van der Waals surface area contributed by atoms with E-state index in [-0.39, 0.29) is 23.6 Å². The first kappa shape index (κ1) is 23.6. The number of piperazine rings is 1. The van der Waals surface area contributed by atoms with E-state index in [0.29, 0.717) is 23.7 Å². The monoisotopic (exact) mass is 440 g/mol. The molecule has 3 rings (SSSR count). The lowest BCUT2D eigenvalue weighted by atomic mass is 9.82. The van der Waals surface area contributed by atoms with Crippen LogP contribution in [-0.4, -0.2) is 68.3 Å². The molecule has 8 nitrogen and oxygen atoms in total. The van der Waals surface area contributed by atoms with Crippen molar-refractivity contribution in [2.75, 3.05) is 52.5 Å². The molecular formula is C24H32N4O4. The molecule has 172 valence electrons. The minimum atomic E-state index is -0.711. The van der Waals surface area contributed by atoms with Crippen LogP contribution >= 0.6 is 0 Å². The number of carbonyl (C=O) groups is 1. The van der Waals surface area contributed by atoms with Crippen molar-refractivity contribution in [2.24, 2.45) is 5.73 Å². The van der Waals surface area contributed by atoms with E-state index >= 15 is 0 Å². The number of nitrogens with two attached hydrogens (primary N) is 1. The van der Waals surface area contributed by atoms with Gasteiger partial charge in [-0.1, -0.05) is 25.1 Å². The van der Waals surface area contributed by atoms with Crippen LogP contribution in [0.4, 0.5) is 0 Å². The van der Waals surface area contributed by atoms with Gasteiger partial charge in [0, 0.05) is 38.3 Å². The number of ether oxygens (including phenoxy) is 3. The standard InChI is InChI=1S/C24H32N4O4/c1-4-27-10-12-28(13-11-27)14-15-31-20-9-7-6-8-18(20)22-19(16-25)23(26)32-17(3)21(22)24(29)30-5-2/h6-9,22H,4-5,10-15,26H2,1-3H3. The Kier molecular flexibility index (Phi) is 8.14. The smallest absolute Gasteiger partial charge is 0.338 e. The number of hydrogen-bond donors (Lipinski definition) is 1. The molecule has 2 heterocycles. The molecule has 0 radical (unpaired) electrons. The van der Waals surface area contributed by atoms with Gasteiger partial charge in [-0.2, -0.15) is 5.26 Å². The fourth-order valence-corrected chi connectivity index (χ4v) is 4.13. The van der Waals surface area contributed by atoms with Crippen LogP contribution in [0.2, 0.25) is 0 Å². The number of rotatable bonds is 8. The zero-order valence-corrected chi connectivity index (χ0v) is 19.1. The first-order chi connectivity index (χ1) is 15.5. The largest absolute Gasteiger partial charge is 0.492 e. The number of carbonyl (C=O) groups excluding carboxylic acids is 1. The molecule has 1 aromatic rings. The highest BCUT2D eigenvalue weighted by atomic mass is 16.5. The normalized spacial score (nSPS) is 20.0. The molecule has 1 fully saturated rings. The molecule has 0 bridgehead atoms. The molecule has 1 saturated heterocycles. The fourth-order valence-electron chi connectivity index (χ4n) is 4.13. The van der Waals surface area contributed by atoms with Crippen molar-refractivity contribution in [3.63, 3.8) is 0 Å². The first-order valence-electron chi connectivity index (χ1n) is 11.1. The number of allylic oxidation sites excluding steroid dienone is 2. The number of hydrogen-bond acceptors (Lipinski definition) is 8. The van der Waals surface area contributed by atoms with Gasteiger partial charge in [0.15, 0.2) is 0 Å². The highest BCUT2D eigenvalue weighted by Gasteiger charge is 2.37. The van der Waals surface area contributed by atoms with Gasteiger partial charge in [0.1, 0.15) is 29.8 Å². The molecule has 2 aliphatic rings. The Labute approximate surface area is 189 Å². The quantitative estimate of drug-likeness (QED) is 0.615. The highest BCUT2D eigenvalue weighted by Crippen LogP contribution is 2.42. The summed E-state index contributed by atoms with van der Waals surface area (Å²) in [5.41, 5.74) is 7.14. The van der Waals surface area contributed by atoms with Gasteiger partial charge in [0.2, 0.25) is 5.88 Å². The van der Waals surface area contributed by atoms with Gasteiger partial charge in [-0.05, 0) is 26.5 Å². The second kappa shape index (κ2) is 11.0. The molecule has 1 aromatic carbocycles. The molecule has 2 aliphatic heterocycles. The molecular weight excluding hydrogens is 408 g/mol. The molecule has 8 heteroatoms. The lowest BCUT2D eigenvalue weighted by Crippen LogP contribution is -2.47. The zero-order chi connectivity index (χ0) is 23.1. The van der Waals surface area contributed by atoms with Crippen LogP contribution in [0.5, 0.6) is 5.75 Å². The summed E-state index contributed by atoms with van der Waals surface area (Å²) in [6, 6.07) is 9.54. The van der Waals surface area contributed by atoms with Crippen LogP contribution in [0.15, 0.2) is 47.1 Å². The average molecular weight is 441 g/mol. The molecule has 0 spiro atoms. The highest BCUT2D eigenvalue weighted by molar-refractivity contribution is 5.92. The van der Waals surface area contributed by atoms with Gasteiger partial charge in [0.25, 0.3) is 0 Å². The molecule has 2 N–H and O–H groups in total. The van der Waals surface area contributed by atoms with E-state index in [1.165, 1.54) is 0 Å². The molecule has 0 aliphatic carbocycles. The van der Waals surface area contributed by atoms with Crippen LogP contribution in [0.25, 0.3) is 0 Å². The van der Waals surface area contributed by atoms with Crippen molar-refractivity contribution in [3.05, 3.63) is 52.6 Å². The van der Waals surface area contributed by atoms with Gasteiger partial charge in [0.05, 0.1) is 18.1 Å². The third-order valence-corrected chi connectivity index (χ3v) is 5.91. The second-order valence-electron chi connectivity index (χ2n) is 7.78. The van der Waals surface area contributed by atoms with Crippen LogP contribution < -0.4 is 10.5 Å². The Bertz CT molecular complexity index is 926. The first-order valence-corrected chi connectivity index (χ1v) is 11.1. The Morgan fingerprint density at radius 1 is 1.22 bits per heavy atom. The van der Waals surface area contributed by atoms with Gasteiger partial charge >= 0.3 is 5.97 Å². The number of likely N-dealkylation sites (N-methyl/N-ethyl adjacent to an activating group) is 1. The van der Waals surface area contributed by atoms with Crippen molar-refractivity contribution in [1.29, 1.82) is 5.26 Å². The maximum Gasteiger partial charge on any atom is 0.338 e. The summed E-state index contributed by atoms with van der Waals surface area (Å²) in [4.78, 5) is 17.6. The lowest BCUT2D eigenvalue weighted by Gasteiger charge is -2.34. The van der Waals surface area contributed by atoms with Gasteiger partial charge in [-0.3, -0.25) is 4.90 Å². The van der Waals surface area contributed by atoms with E-state index < -0.39 is 11.9 Å². The predicted molar refractivity (Wildman–Crippen MR) is 120 cm³/mol. The Hall–Kier alpha value is -3.02. The number of nitriles is 1. The summed E-state index contributed by atoms with van der Waals surface area (Å²) < 4.78 is 16.9. The van der Waals surface area contributed by atoms with E-state index in [0.717, 1.165) is 39.3 Å². The summed E-state index contributed by atoms with van der Waals surface area (Å²) in [6.45, 7) is 12.4. The molecule has 0 saturated carbocycles. The van der Waals surface area contributed by atoms with E-state index in [1.54, 1.807) is 13.8 Å². The summed E-state index contributed by atoms with van der Waals surface area (Å²) in [5, 5.41) is 9.79. The predicted octanol–water partition coefficient (Wildman–Crippen LogP) is 2.35. The minimum Gasteiger partial charge on any atom is -0.492 e. The van der Waals surface area contributed by atoms with Crippen LogP contribution in [0, 0.1) is 11.3 Å². The molecule has 1 unspecified atom stereocenters. The van der Waals surface area contributed by atoms with Gasteiger partial charge < -0.3 is 24.8 Å². The van der Waals surface area contributed by atoms with E-state index in [4.69, 9.17) is 19.9 Å². The fraction of sp³-hybridized carbons (Fsp3) is 0.500. The average Bonchev–Trinajstić information content (AvgIpc) is 2.79. The Balaban J connectivity index is 1.82. The van der Waals surface area contributed by atoms with E-state index in [2.05, 4.69) is 22.8 Å². The Morgan fingerprint density at radius 2 is 1.91 bits per heavy atom. The zero-order valence-electron chi connectivity index (χ0n) is 19.1. The van der Waals surface area contributed by atoms with Crippen molar-refractivity contribution >= 4 is 5.97 Å². The maximum absolute atomic E-state index is 12.8. The number of para-hydroxylation sites is 1. The van der Waals surface area contributed by atoms with Gasteiger partial charge in [-0.15, -0.1) is 0 Å². The third-order valence-electron chi connectivity index (χ3n) is 5.91. The SMILES string of the molecule is CCOC(=O)C1=C(C)OC(N)=C(C#N)C1c1ccccc1OCCN1CCN(CC)CC1. The molecule has 0 aromatic heterocycles. The maximum atomic E-state index is 12.8. The number of esters is 1. The van der Waals surface area contributed by atoms with Crippen LogP contribution in [0.3, 0.4) is 0 Å². The van der Waals surface area contributed by atoms with Crippen LogP contribution in [-0.2, 0) is 14.3 Å². The number of nitrogens with zero attached hydrogens (tertiary/aromatic N) is 3. The number of benzene rings is 1. The Morgan fingerprint density at radius 3 is 2.56 bits per heavy atom. The van der Waals surface area contributed by atoms with Crippen molar-refractivity contribution < 1.29 is 19.0 Å². The van der Waals surface area contributed by atoms with Gasteiger partial charge in [-0.25, -0.2) is 4.79 Å². The second-order valence-corrected chi connectivity index (χ2v) is 7.78. The van der Waals surface area contributed by atoms with Crippen molar-refractivity contribution in [2.45, 2.75) is 26.7 Å². The van der Waals surface area contributed by atoms with Crippen LogP contribution in [0.1, 0.15) is 32.3 Å². The summed E-state index contributed by atoms with van der Waals surface area (Å²) in [5.74, 6) is -0.308. The summed E-state index contributed by atoms with van der Waals surface area (Å²) >= 11 is 0. The molecule has 32 heavy (non-hydrogen) atoms. The lowest BCUT2D eigenvalue weighted by molar-refractivity contribution is -0.139. The third kappa shape index (κ3) is 5.23. The van der Waals surface area contributed by atoms with E-state index in [1.807, 2.05) is 24.3 Å². The van der Waals surface area contributed by atoms with E-state index in [9.17, 15) is 10.1 Å². The summed E-state index contributed by atoms with van der Waals surface area (Å²) in [7, 11) is 0. The van der Waals surface area contributed by atoms with Crippen molar-refractivity contribution in [3.8, 4) is 11.8 Å². The minimum absolute atomic E-state index is 0.00773.